The highest BCUT2D eigenvalue weighted by atomic mass is 79.9. The lowest BCUT2D eigenvalue weighted by molar-refractivity contribution is 0.415. The molecule has 1 aromatic heterocycles. The molecule has 0 aliphatic heterocycles. The van der Waals surface area contributed by atoms with E-state index in [9.17, 15) is 0 Å². The monoisotopic (exact) mass is 323 g/mol. The van der Waals surface area contributed by atoms with Gasteiger partial charge >= 0.3 is 0 Å². The number of hydrogen-bond acceptors (Lipinski definition) is 3. The lowest BCUT2D eigenvalue weighted by atomic mass is 10.0. The van der Waals surface area contributed by atoms with Gasteiger partial charge in [-0.05, 0) is 53.0 Å². The Bertz CT molecular complexity index is 620. The zero-order valence-corrected chi connectivity index (χ0v) is 13.2. The van der Waals surface area contributed by atoms with E-state index >= 15 is 0 Å². The molecular weight excluding hydrogens is 306 g/mol. The molecule has 2 N–H and O–H groups in total. The molecule has 0 spiro atoms. The van der Waals surface area contributed by atoms with Crippen molar-refractivity contribution in [2.24, 2.45) is 12.8 Å². The van der Waals surface area contributed by atoms with E-state index in [4.69, 9.17) is 10.5 Å². The van der Waals surface area contributed by atoms with Gasteiger partial charge in [-0.15, -0.1) is 0 Å². The van der Waals surface area contributed by atoms with Crippen LogP contribution in [0.2, 0.25) is 0 Å². The van der Waals surface area contributed by atoms with Gasteiger partial charge in [0.25, 0.3) is 0 Å². The number of aromatic nitrogens is 2. The number of nitrogens with two attached hydrogens (primary N) is 1. The highest BCUT2D eigenvalue weighted by molar-refractivity contribution is 9.10. The quantitative estimate of drug-likeness (QED) is 0.944. The predicted molar refractivity (Wildman–Crippen MR) is 80.3 cm³/mol. The summed E-state index contributed by atoms with van der Waals surface area (Å²) in [4.78, 5) is 4.43. The molecule has 102 valence electrons. The Morgan fingerprint density at radius 1 is 1.32 bits per heavy atom. The molecule has 1 heterocycles. The Hall–Kier alpha value is -1.33. The van der Waals surface area contributed by atoms with E-state index in [1.165, 1.54) is 11.1 Å². The van der Waals surface area contributed by atoms with Gasteiger partial charge in [-0.25, -0.2) is 4.98 Å². The summed E-state index contributed by atoms with van der Waals surface area (Å²) in [6, 6.07) is 4.17. The number of aryl methyl sites for hydroxylation is 2. The van der Waals surface area contributed by atoms with Crippen molar-refractivity contribution in [3.05, 3.63) is 33.7 Å². The minimum atomic E-state index is 0.405. The number of imidazole rings is 1. The van der Waals surface area contributed by atoms with Gasteiger partial charge in [0.05, 0.1) is 19.3 Å². The van der Waals surface area contributed by atoms with Gasteiger partial charge in [-0.3, -0.25) is 0 Å². The SMILES string of the molecule is COc1cc(C)c(C)cc1-c1c(Br)nc(CN)n1C. The van der Waals surface area contributed by atoms with Crippen LogP contribution in [-0.2, 0) is 13.6 Å². The number of nitrogens with zero attached hydrogens (tertiary/aromatic N) is 2. The molecule has 0 unspecified atom stereocenters. The molecule has 0 saturated carbocycles. The Balaban J connectivity index is 2.71. The third-order valence-electron chi connectivity index (χ3n) is 3.40. The molecular formula is C14H18BrN3O. The summed E-state index contributed by atoms with van der Waals surface area (Å²) in [6.07, 6.45) is 0. The van der Waals surface area contributed by atoms with Crippen LogP contribution in [-0.4, -0.2) is 16.7 Å². The van der Waals surface area contributed by atoms with Crippen molar-refractivity contribution < 1.29 is 4.74 Å². The van der Waals surface area contributed by atoms with Crippen molar-refractivity contribution in [3.63, 3.8) is 0 Å². The van der Waals surface area contributed by atoms with Crippen molar-refractivity contribution >= 4 is 15.9 Å². The van der Waals surface area contributed by atoms with Crippen molar-refractivity contribution in [3.8, 4) is 17.0 Å². The van der Waals surface area contributed by atoms with Gasteiger partial charge in [0, 0.05) is 12.6 Å². The molecule has 0 fully saturated rings. The number of rotatable bonds is 3. The number of benzene rings is 1. The molecule has 0 aliphatic carbocycles. The van der Waals surface area contributed by atoms with Crippen LogP contribution in [0.5, 0.6) is 5.75 Å². The summed E-state index contributed by atoms with van der Waals surface area (Å²) in [5.41, 5.74) is 10.1. The normalized spacial score (nSPS) is 10.8. The average Bonchev–Trinajstić information content (AvgIpc) is 2.67. The summed E-state index contributed by atoms with van der Waals surface area (Å²) in [5.74, 6) is 1.68. The number of hydrogen-bond donors (Lipinski definition) is 1. The maximum Gasteiger partial charge on any atom is 0.132 e. The number of ether oxygens (including phenoxy) is 1. The first-order valence-electron chi connectivity index (χ1n) is 6.06. The van der Waals surface area contributed by atoms with E-state index in [0.29, 0.717) is 6.54 Å². The second-order valence-corrected chi connectivity index (χ2v) is 5.32. The van der Waals surface area contributed by atoms with Gasteiger partial charge in [-0.1, -0.05) is 0 Å². The van der Waals surface area contributed by atoms with Gasteiger partial charge in [-0.2, -0.15) is 0 Å². The second-order valence-electron chi connectivity index (χ2n) is 4.57. The van der Waals surface area contributed by atoms with Crippen LogP contribution in [0.4, 0.5) is 0 Å². The smallest absolute Gasteiger partial charge is 0.132 e. The zero-order valence-electron chi connectivity index (χ0n) is 11.6. The molecule has 5 heteroatoms. The van der Waals surface area contributed by atoms with Crippen LogP contribution in [0.25, 0.3) is 11.3 Å². The van der Waals surface area contributed by atoms with E-state index in [-0.39, 0.29) is 0 Å². The summed E-state index contributed by atoms with van der Waals surface area (Å²) in [5, 5.41) is 0. The van der Waals surface area contributed by atoms with Gasteiger partial charge in [0.2, 0.25) is 0 Å². The largest absolute Gasteiger partial charge is 0.496 e. The van der Waals surface area contributed by atoms with Crippen LogP contribution in [0, 0.1) is 13.8 Å². The van der Waals surface area contributed by atoms with Crippen LogP contribution in [0.3, 0.4) is 0 Å². The topological polar surface area (TPSA) is 53.1 Å². The Kier molecular flexibility index (Phi) is 3.96. The van der Waals surface area contributed by atoms with Gasteiger partial charge < -0.3 is 15.0 Å². The fraction of sp³-hybridized carbons (Fsp3) is 0.357. The maximum absolute atomic E-state index is 5.70. The van der Waals surface area contributed by atoms with E-state index in [2.05, 4.69) is 40.8 Å². The molecule has 0 radical (unpaired) electrons. The molecule has 2 rings (SSSR count). The van der Waals surface area contributed by atoms with Crippen molar-refractivity contribution in [2.45, 2.75) is 20.4 Å². The third kappa shape index (κ3) is 2.40. The van der Waals surface area contributed by atoms with Crippen molar-refractivity contribution in [1.82, 2.24) is 9.55 Å². The molecule has 0 amide bonds. The van der Waals surface area contributed by atoms with Crippen LogP contribution < -0.4 is 10.5 Å². The van der Waals surface area contributed by atoms with Gasteiger partial charge in [0.15, 0.2) is 0 Å². The Morgan fingerprint density at radius 2 is 1.95 bits per heavy atom. The van der Waals surface area contributed by atoms with Crippen LogP contribution in [0.15, 0.2) is 16.7 Å². The third-order valence-corrected chi connectivity index (χ3v) is 3.95. The molecule has 0 aliphatic rings. The summed E-state index contributed by atoms with van der Waals surface area (Å²) in [7, 11) is 3.64. The highest BCUT2D eigenvalue weighted by Crippen LogP contribution is 2.36. The summed E-state index contributed by atoms with van der Waals surface area (Å²) >= 11 is 3.51. The van der Waals surface area contributed by atoms with Gasteiger partial charge in [0.1, 0.15) is 16.2 Å². The summed E-state index contributed by atoms with van der Waals surface area (Å²) < 4.78 is 8.28. The Morgan fingerprint density at radius 3 is 2.47 bits per heavy atom. The zero-order chi connectivity index (χ0) is 14.2. The summed E-state index contributed by atoms with van der Waals surface area (Å²) in [6.45, 7) is 4.57. The average molecular weight is 324 g/mol. The molecule has 1 aromatic carbocycles. The number of halogens is 1. The fourth-order valence-electron chi connectivity index (χ4n) is 2.13. The van der Waals surface area contributed by atoms with E-state index in [1.807, 2.05) is 17.7 Å². The maximum atomic E-state index is 5.70. The minimum Gasteiger partial charge on any atom is -0.496 e. The minimum absolute atomic E-state index is 0.405. The fourth-order valence-corrected chi connectivity index (χ4v) is 2.81. The first-order valence-corrected chi connectivity index (χ1v) is 6.85. The van der Waals surface area contributed by atoms with Crippen LogP contribution >= 0.6 is 15.9 Å². The molecule has 4 nitrogen and oxygen atoms in total. The molecule has 0 saturated heterocycles. The molecule has 0 atom stereocenters. The highest BCUT2D eigenvalue weighted by Gasteiger charge is 2.18. The van der Waals surface area contributed by atoms with E-state index in [0.717, 1.165) is 27.4 Å². The number of methoxy groups -OCH3 is 1. The van der Waals surface area contributed by atoms with E-state index in [1.54, 1.807) is 7.11 Å². The molecule has 0 bridgehead atoms. The molecule has 2 aromatic rings. The lowest BCUT2D eigenvalue weighted by Crippen LogP contribution is -2.06. The first-order chi connectivity index (χ1) is 8.99. The Labute approximate surface area is 121 Å². The predicted octanol–water partition coefficient (Wildman–Crippen LogP) is 2.93. The molecule has 19 heavy (non-hydrogen) atoms. The van der Waals surface area contributed by atoms with E-state index < -0.39 is 0 Å². The lowest BCUT2D eigenvalue weighted by Gasteiger charge is -2.13. The first kappa shape index (κ1) is 14.1. The standard InChI is InChI=1S/C14H18BrN3O/c1-8-5-10(11(19-4)6-9(8)2)13-14(15)17-12(7-16)18(13)3/h5-6H,7,16H2,1-4H3. The van der Waals surface area contributed by atoms with Crippen molar-refractivity contribution in [2.75, 3.05) is 7.11 Å². The van der Waals surface area contributed by atoms with Crippen molar-refractivity contribution in [1.29, 1.82) is 0 Å². The second kappa shape index (κ2) is 5.35. The van der Waals surface area contributed by atoms with Crippen LogP contribution in [0.1, 0.15) is 17.0 Å².